The van der Waals surface area contributed by atoms with Gasteiger partial charge in [-0.2, -0.15) is 0 Å². The molecule has 0 amide bonds. The van der Waals surface area contributed by atoms with Gasteiger partial charge in [-0.1, -0.05) is 0 Å². The van der Waals surface area contributed by atoms with Crippen LogP contribution in [0.2, 0.25) is 0 Å². The maximum Gasteiger partial charge on any atom is 0.124 e. The minimum Gasteiger partial charge on any atom is -0.493 e. The Labute approximate surface area is 88.4 Å². The van der Waals surface area contributed by atoms with Gasteiger partial charge in [0.05, 0.1) is 6.61 Å². The third kappa shape index (κ3) is 2.27. The molecule has 0 saturated heterocycles. The molecular formula is C11H15FN2O. The number of hydrogen-bond donors (Lipinski definition) is 2. The molecule has 4 heteroatoms. The monoisotopic (exact) mass is 210 g/mol. The number of hydrogen-bond acceptors (Lipinski definition) is 3. The molecule has 0 saturated carbocycles. The molecule has 3 N–H and O–H groups in total. The Hall–Kier alpha value is -1.13. The van der Waals surface area contributed by atoms with Gasteiger partial charge in [-0.15, -0.1) is 0 Å². The van der Waals surface area contributed by atoms with E-state index in [0.717, 1.165) is 24.3 Å². The molecule has 0 aliphatic carbocycles. The fourth-order valence-corrected chi connectivity index (χ4v) is 1.83. The first-order chi connectivity index (χ1) is 7.31. The summed E-state index contributed by atoms with van der Waals surface area (Å²) in [4.78, 5) is 0. The van der Waals surface area contributed by atoms with Gasteiger partial charge in [-0.05, 0) is 18.2 Å². The van der Waals surface area contributed by atoms with Crippen LogP contribution in [0.25, 0.3) is 0 Å². The van der Waals surface area contributed by atoms with Crippen LogP contribution < -0.4 is 15.8 Å². The molecule has 1 unspecified atom stereocenters. The van der Waals surface area contributed by atoms with Gasteiger partial charge in [-0.25, -0.2) is 4.39 Å². The summed E-state index contributed by atoms with van der Waals surface area (Å²) in [5.74, 6) is 0.552. The van der Waals surface area contributed by atoms with Crippen molar-refractivity contribution >= 4 is 0 Å². The molecule has 3 nitrogen and oxygen atoms in total. The van der Waals surface area contributed by atoms with Gasteiger partial charge in [0.15, 0.2) is 0 Å². The molecule has 1 aliphatic rings. The maximum atomic E-state index is 13.1. The van der Waals surface area contributed by atoms with Crippen molar-refractivity contribution in [1.29, 1.82) is 0 Å². The van der Waals surface area contributed by atoms with Gasteiger partial charge in [0.2, 0.25) is 0 Å². The van der Waals surface area contributed by atoms with E-state index in [-0.39, 0.29) is 11.9 Å². The average molecular weight is 210 g/mol. The summed E-state index contributed by atoms with van der Waals surface area (Å²) in [6.07, 6.45) is 0.858. The topological polar surface area (TPSA) is 47.3 Å². The van der Waals surface area contributed by atoms with Crippen molar-refractivity contribution in [3.63, 3.8) is 0 Å². The van der Waals surface area contributed by atoms with Crippen molar-refractivity contribution in [3.8, 4) is 5.75 Å². The van der Waals surface area contributed by atoms with Gasteiger partial charge in [0.1, 0.15) is 11.6 Å². The largest absolute Gasteiger partial charge is 0.493 e. The Morgan fingerprint density at radius 1 is 1.53 bits per heavy atom. The van der Waals surface area contributed by atoms with Crippen molar-refractivity contribution in [1.82, 2.24) is 5.32 Å². The van der Waals surface area contributed by atoms with Crippen LogP contribution in [0, 0.1) is 5.82 Å². The number of fused-ring (bicyclic) bond motifs is 1. The number of halogens is 1. The van der Waals surface area contributed by atoms with E-state index >= 15 is 0 Å². The lowest BCUT2D eigenvalue weighted by molar-refractivity contribution is 0.253. The quantitative estimate of drug-likeness (QED) is 0.788. The summed E-state index contributed by atoms with van der Waals surface area (Å²) in [7, 11) is 0. The van der Waals surface area contributed by atoms with Crippen LogP contribution in [0.1, 0.15) is 18.0 Å². The molecule has 0 radical (unpaired) electrons. The van der Waals surface area contributed by atoms with Crippen LogP contribution in [0.5, 0.6) is 5.75 Å². The first kappa shape index (κ1) is 10.4. The molecule has 82 valence electrons. The number of nitrogens with one attached hydrogen (secondary N) is 1. The van der Waals surface area contributed by atoms with Crippen LogP contribution in [-0.2, 0) is 0 Å². The highest BCUT2D eigenvalue weighted by molar-refractivity contribution is 5.37. The Morgan fingerprint density at radius 3 is 3.20 bits per heavy atom. The van der Waals surface area contributed by atoms with Crippen LogP contribution >= 0.6 is 0 Å². The molecule has 0 fully saturated rings. The zero-order chi connectivity index (χ0) is 10.7. The first-order valence-electron chi connectivity index (χ1n) is 5.17. The Bertz CT molecular complexity index is 343. The van der Waals surface area contributed by atoms with E-state index in [1.54, 1.807) is 6.07 Å². The van der Waals surface area contributed by atoms with Crippen molar-refractivity contribution in [2.75, 3.05) is 19.7 Å². The molecule has 1 heterocycles. The first-order valence-corrected chi connectivity index (χ1v) is 5.17. The number of rotatable bonds is 3. The van der Waals surface area contributed by atoms with Crippen LogP contribution in [-0.4, -0.2) is 19.7 Å². The van der Waals surface area contributed by atoms with Gasteiger partial charge < -0.3 is 15.8 Å². The van der Waals surface area contributed by atoms with Crippen LogP contribution in [0.3, 0.4) is 0 Å². The lowest BCUT2D eigenvalue weighted by atomic mass is 10.0. The average Bonchev–Trinajstić information content (AvgIpc) is 2.26. The van der Waals surface area contributed by atoms with Crippen LogP contribution in [0.15, 0.2) is 18.2 Å². The fourth-order valence-electron chi connectivity index (χ4n) is 1.83. The molecule has 1 atom stereocenters. The molecule has 0 spiro atoms. The van der Waals surface area contributed by atoms with Gasteiger partial charge in [-0.3, -0.25) is 0 Å². The molecule has 1 aromatic rings. The molecule has 0 aromatic heterocycles. The highest BCUT2D eigenvalue weighted by atomic mass is 19.1. The zero-order valence-electron chi connectivity index (χ0n) is 8.50. The molecule has 0 bridgehead atoms. The van der Waals surface area contributed by atoms with E-state index in [9.17, 15) is 4.39 Å². The Morgan fingerprint density at radius 2 is 2.40 bits per heavy atom. The summed E-state index contributed by atoms with van der Waals surface area (Å²) >= 11 is 0. The fraction of sp³-hybridized carbons (Fsp3) is 0.455. The maximum absolute atomic E-state index is 13.1. The van der Waals surface area contributed by atoms with Crippen molar-refractivity contribution in [2.45, 2.75) is 12.5 Å². The Balaban J connectivity index is 2.20. The van der Waals surface area contributed by atoms with Crippen LogP contribution in [0.4, 0.5) is 4.39 Å². The van der Waals surface area contributed by atoms with Crippen molar-refractivity contribution < 1.29 is 9.13 Å². The SMILES string of the molecule is NCCNC1CCOc2ccc(F)cc21. The third-order valence-corrected chi connectivity index (χ3v) is 2.55. The second-order valence-electron chi connectivity index (χ2n) is 3.61. The summed E-state index contributed by atoms with van der Waals surface area (Å²) < 4.78 is 18.5. The van der Waals surface area contributed by atoms with Gasteiger partial charge in [0.25, 0.3) is 0 Å². The summed E-state index contributed by atoms with van der Waals surface area (Å²) in [6, 6.07) is 4.79. The third-order valence-electron chi connectivity index (χ3n) is 2.55. The minimum atomic E-state index is -0.223. The van der Waals surface area contributed by atoms with Crippen molar-refractivity contribution in [2.24, 2.45) is 5.73 Å². The summed E-state index contributed by atoms with van der Waals surface area (Å²) in [5.41, 5.74) is 6.33. The number of nitrogens with two attached hydrogens (primary N) is 1. The predicted octanol–water partition coefficient (Wildman–Crippen LogP) is 1.20. The van der Waals surface area contributed by atoms with E-state index < -0.39 is 0 Å². The normalized spacial score (nSPS) is 19.5. The van der Waals surface area contributed by atoms with E-state index in [1.165, 1.54) is 12.1 Å². The van der Waals surface area contributed by atoms with Gasteiger partial charge >= 0.3 is 0 Å². The van der Waals surface area contributed by atoms with E-state index in [4.69, 9.17) is 10.5 Å². The highest BCUT2D eigenvalue weighted by Crippen LogP contribution is 2.32. The smallest absolute Gasteiger partial charge is 0.124 e. The van der Waals surface area contributed by atoms with E-state index in [2.05, 4.69) is 5.32 Å². The lowest BCUT2D eigenvalue weighted by Crippen LogP contribution is -2.31. The molecule has 2 rings (SSSR count). The second kappa shape index (κ2) is 4.59. The standard InChI is InChI=1S/C11H15FN2O/c12-8-1-2-11-9(7-8)10(3-6-15-11)14-5-4-13/h1-2,7,10,14H,3-6,13H2. The summed E-state index contributed by atoms with van der Waals surface area (Å²) in [5, 5.41) is 3.28. The number of benzene rings is 1. The van der Waals surface area contributed by atoms with Gasteiger partial charge in [0, 0.05) is 31.1 Å². The lowest BCUT2D eigenvalue weighted by Gasteiger charge is -2.26. The molecule has 1 aliphatic heterocycles. The molecule has 15 heavy (non-hydrogen) atoms. The highest BCUT2D eigenvalue weighted by Gasteiger charge is 2.20. The second-order valence-corrected chi connectivity index (χ2v) is 3.61. The van der Waals surface area contributed by atoms with E-state index in [1.807, 2.05) is 0 Å². The molecule has 1 aromatic carbocycles. The predicted molar refractivity (Wildman–Crippen MR) is 56.3 cm³/mol. The Kier molecular flexibility index (Phi) is 3.18. The minimum absolute atomic E-state index is 0.160. The zero-order valence-corrected chi connectivity index (χ0v) is 8.50. The molecular weight excluding hydrogens is 195 g/mol. The van der Waals surface area contributed by atoms with E-state index in [0.29, 0.717) is 13.2 Å². The summed E-state index contributed by atoms with van der Waals surface area (Å²) in [6.45, 7) is 1.99. The number of ether oxygens (including phenoxy) is 1. The van der Waals surface area contributed by atoms with Crippen molar-refractivity contribution in [3.05, 3.63) is 29.6 Å².